The number of thiazole rings is 1. The van der Waals surface area contributed by atoms with Crippen LogP contribution in [0.1, 0.15) is 16.8 Å². The Labute approximate surface area is 116 Å². The van der Waals surface area contributed by atoms with Crippen LogP contribution in [-0.2, 0) is 6.54 Å². The van der Waals surface area contributed by atoms with E-state index in [9.17, 15) is 0 Å². The molecule has 0 bridgehead atoms. The van der Waals surface area contributed by atoms with Crippen molar-refractivity contribution >= 4 is 34.2 Å². The minimum Gasteiger partial charge on any atom is -0.389 e. The summed E-state index contributed by atoms with van der Waals surface area (Å²) in [5.41, 5.74) is 11.8. The zero-order valence-electron chi connectivity index (χ0n) is 10.4. The highest BCUT2D eigenvalue weighted by Gasteiger charge is 2.07. The number of hydrogen-bond acceptors (Lipinski definition) is 4. The van der Waals surface area contributed by atoms with Crippen LogP contribution in [0.25, 0.3) is 0 Å². The summed E-state index contributed by atoms with van der Waals surface area (Å²) in [6, 6.07) is 6.11. The molecule has 2 rings (SSSR count). The second kappa shape index (κ2) is 5.46. The van der Waals surface area contributed by atoms with E-state index in [-0.39, 0.29) is 0 Å². The fourth-order valence-electron chi connectivity index (χ4n) is 1.81. The predicted octanol–water partition coefficient (Wildman–Crippen LogP) is 2.72. The van der Waals surface area contributed by atoms with Gasteiger partial charge in [0.1, 0.15) is 4.99 Å². The van der Waals surface area contributed by atoms with Crippen molar-refractivity contribution in [2.75, 3.05) is 11.9 Å². The third kappa shape index (κ3) is 2.86. The van der Waals surface area contributed by atoms with E-state index in [4.69, 9.17) is 18.0 Å². The molecule has 1 heterocycles. The van der Waals surface area contributed by atoms with Crippen molar-refractivity contribution in [2.45, 2.75) is 13.5 Å². The number of thiocarbonyl (C=S) groups is 1. The second-order valence-corrected chi connectivity index (χ2v) is 5.36. The molecule has 18 heavy (non-hydrogen) atoms. The Hall–Kier alpha value is -1.46. The summed E-state index contributed by atoms with van der Waals surface area (Å²) in [4.78, 5) is 6.89. The van der Waals surface area contributed by atoms with Crippen LogP contribution in [-0.4, -0.2) is 17.0 Å². The van der Waals surface area contributed by atoms with E-state index in [1.54, 1.807) is 11.3 Å². The van der Waals surface area contributed by atoms with Crippen LogP contribution in [0, 0.1) is 6.92 Å². The molecule has 0 aliphatic heterocycles. The minimum absolute atomic E-state index is 0.446. The summed E-state index contributed by atoms with van der Waals surface area (Å²) in [5.74, 6) is 0. The largest absolute Gasteiger partial charge is 0.389 e. The van der Waals surface area contributed by atoms with E-state index in [1.807, 2.05) is 24.6 Å². The Bertz CT molecular complexity index is 549. The molecule has 1 aromatic heterocycles. The maximum atomic E-state index is 5.66. The van der Waals surface area contributed by atoms with Crippen LogP contribution in [0.5, 0.6) is 0 Å². The summed E-state index contributed by atoms with van der Waals surface area (Å²) in [5, 5.41) is 2.06. The summed E-state index contributed by atoms with van der Waals surface area (Å²) in [6.07, 6.45) is 0. The van der Waals surface area contributed by atoms with Gasteiger partial charge in [-0.3, -0.25) is 0 Å². The molecule has 0 fully saturated rings. The van der Waals surface area contributed by atoms with Gasteiger partial charge in [-0.15, -0.1) is 11.3 Å². The summed E-state index contributed by atoms with van der Waals surface area (Å²) >= 11 is 6.62. The molecule has 0 saturated carbocycles. The molecule has 3 nitrogen and oxygen atoms in total. The van der Waals surface area contributed by atoms with Gasteiger partial charge in [-0.25, -0.2) is 4.98 Å². The van der Waals surface area contributed by atoms with Gasteiger partial charge in [-0.2, -0.15) is 0 Å². The first kappa shape index (κ1) is 13.0. The molecule has 5 heteroatoms. The van der Waals surface area contributed by atoms with Gasteiger partial charge in [0.15, 0.2) is 0 Å². The molecule has 1 aromatic carbocycles. The predicted molar refractivity (Wildman–Crippen MR) is 81.3 cm³/mol. The van der Waals surface area contributed by atoms with Gasteiger partial charge in [-0.1, -0.05) is 12.2 Å². The summed E-state index contributed by atoms with van der Waals surface area (Å²) in [7, 11) is 2.05. The van der Waals surface area contributed by atoms with E-state index >= 15 is 0 Å². The lowest BCUT2D eigenvalue weighted by atomic mass is 10.1. The van der Waals surface area contributed by atoms with E-state index in [0.717, 1.165) is 29.1 Å². The standard InChI is InChI=1S/C13H15N3S2/c1-9-5-11(3-4-12(9)13(14)17)16(2)6-10-7-18-8-15-10/h3-5,7-8H,6H2,1-2H3,(H2,14,17). The van der Waals surface area contributed by atoms with Gasteiger partial charge in [-0.05, 0) is 30.7 Å². The van der Waals surface area contributed by atoms with Gasteiger partial charge in [0, 0.05) is 23.7 Å². The number of nitrogens with zero attached hydrogens (tertiary/aromatic N) is 2. The average molecular weight is 277 g/mol. The Balaban J connectivity index is 2.18. The Morgan fingerprint density at radius 2 is 2.28 bits per heavy atom. The highest BCUT2D eigenvalue weighted by atomic mass is 32.1. The number of rotatable bonds is 4. The van der Waals surface area contributed by atoms with Crippen molar-refractivity contribution in [3.8, 4) is 0 Å². The lowest BCUT2D eigenvalue weighted by molar-refractivity contribution is 0.894. The van der Waals surface area contributed by atoms with Gasteiger partial charge in [0.2, 0.25) is 0 Å². The molecule has 0 aliphatic carbocycles. The number of nitrogens with two attached hydrogens (primary N) is 1. The van der Waals surface area contributed by atoms with Crippen LogP contribution >= 0.6 is 23.6 Å². The maximum Gasteiger partial charge on any atom is 0.104 e. The van der Waals surface area contributed by atoms with E-state index in [1.165, 1.54) is 0 Å². The average Bonchev–Trinajstić information content (AvgIpc) is 2.81. The molecule has 0 unspecified atom stereocenters. The molecular formula is C13H15N3S2. The van der Waals surface area contributed by atoms with Crippen molar-refractivity contribution in [3.05, 3.63) is 45.9 Å². The normalized spacial score (nSPS) is 10.3. The topological polar surface area (TPSA) is 42.2 Å². The smallest absolute Gasteiger partial charge is 0.104 e. The van der Waals surface area contributed by atoms with Gasteiger partial charge >= 0.3 is 0 Å². The number of aryl methyl sites for hydroxylation is 1. The first-order valence-electron chi connectivity index (χ1n) is 5.56. The van der Waals surface area contributed by atoms with Crippen molar-refractivity contribution < 1.29 is 0 Å². The van der Waals surface area contributed by atoms with E-state index < -0.39 is 0 Å². The molecule has 0 atom stereocenters. The quantitative estimate of drug-likeness (QED) is 0.873. The molecule has 2 aromatic rings. The molecule has 2 N–H and O–H groups in total. The highest BCUT2D eigenvalue weighted by molar-refractivity contribution is 7.80. The van der Waals surface area contributed by atoms with Gasteiger partial charge in [0.25, 0.3) is 0 Å². The minimum atomic E-state index is 0.446. The third-order valence-electron chi connectivity index (χ3n) is 2.80. The van der Waals surface area contributed by atoms with E-state index in [0.29, 0.717) is 4.99 Å². The molecule has 0 spiro atoms. The first-order chi connectivity index (χ1) is 8.58. The lowest BCUT2D eigenvalue weighted by Crippen LogP contribution is -2.17. The van der Waals surface area contributed by atoms with Crippen LogP contribution in [0.2, 0.25) is 0 Å². The second-order valence-electron chi connectivity index (χ2n) is 4.20. The SMILES string of the molecule is Cc1cc(N(C)Cc2cscn2)ccc1C(N)=S. The highest BCUT2D eigenvalue weighted by Crippen LogP contribution is 2.20. The fraction of sp³-hybridized carbons (Fsp3) is 0.231. The zero-order chi connectivity index (χ0) is 13.1. The molecule has 0 aliphatic rings. The molecular weight excluding hydrogens is 262 g/mol. The van der Waals surface area contributed by atoms with Gasteiger partial charge < -0.3 is 10.6 Å². The number of benzene rings is 1. The lowest BCUT2D eigenvalue weighted by Gasteiger charge is -2.19. The number of aromatic nitrogens is 1. The Morgan fingerprint density at radius 1 is 1.50 bits per heavy atom. The summed E-state index contributed by atoms with van der Waals surface area (Å²) < 4.78 is 0. The Morgan fingerprint density at radius 3 is 2.83 bits per heavy atom. The summed E-state index contributed by atoms with van der Waals surface area (Å²) in [6.45, 7) is 2.82. The molecule has 94 valence electrons. The van der Waals surface area contributed by atoms with E-state index in [2.05, 4.69) is 28.4 Å². The zero-order valence-corrected chi connectivity index (χ0v) is 12.0. The van der Waals surface area contributed by atoms with Crippen LogP contribution in [0.15, 0.2) is 29.1 Å². The van der Waals surface area contributed by atoms with Crippen molar-refractivity contribution in [1.82, 2.24) is 4.98 Å². The van der Waals surface area contributed by atoms with Crippen LogP contribution in [0.3, 0.4) is 0 Å². The maximum absolute atomic E-state index is 5.66. The molecule has 0 radical (unpaired) electrons. The van der Waals surface area contributed by atoms with Crippen molar-refractivity contribution in [3.63, 3.8) is 0 Å². The molecule has 0 saturated heterocycles. The Kier molecular flexibility index (Phi) is 3.93. The van der Waals surface area contributed by atoms with Gasteiger partial charge in [0.05, 0.1) is 17.7 Å². The fourth-order valence-corrected chi connectivity index (χ4v) is 2.59. The van der Waals surface area contributed by atoms with Crippen LogP contribution in [0.4, 0.5) is 5.69 Å². The molecule has 0 amide bonds. The first-order valence-corrected chi connectivity index (χ1v) is 6.91. The van der Waals surface area contributed by atoms with Crippen LogP contribution < -0.4 is 10.6 Å². The van der Waals surface area contributed by atoms with Crippen molar-refractivity contribution in [2.24, 2.45) is 5.73 Å². The number of hydrogen-bond donors (Lipinski definition) is 1. The monoisotopic (exact) mass is 277 g/mol. The number of anilines is 1. The third-order valence-corrected chi connectivity index (χ3v) is 3.65. The van der Waals surface area contributed by atoms with Crippen molar-refractivity contribution in [1.29, 1.82) is 0 Å².